The van der Waals surface area contributed by atoms with Crippen molar-refractivity contribution in [1.29, 1.82) is 0 Å². The van der Waals surface area contributed by atoms with Crippen LogP contribution in [0.15, 0.2) is 53.5 Å². The van der Waals surface area contributed by atoms with Gasteiger partial charge in [-0.25, -0.2) is 23.0 Å². The van der Waals surface area contributed by atoms with Crippen LogP contribution >= 0.6 is 0 Å². The summed E-state index contributed by atoms with van der Waals surface area (Å²) >= 11 is 0. The van der Waals surface area contributed by atoms with E-state index in [1.165, 1.54) is 12.1 Å². The molecule has 0 amide bonds. The number of aryl methyl sites for hydroxylation is 1. The third kappa shape index (κ3) is 3.32. The fourth-order valence-corrected chi connectivity index (χ4v) is 4.28. The first kappa shape index (κ1) is 19.5. The van der Waals surface area contributed by atoms with Crippen LogP contribution in [0.1, 0.15) is 30.3 Å². The summed E-state index contributed by atoms with van der Waals surface area (Å²) in [6, 6.07) is 5.11. The summed E-state index contributed by atoms with van der Waals surface area (Å²) in [6.07, 6.45) is 8.42. The molecule has 0 bridgehead atoms. The Morgan fingerprint density at radius 3 is 2.85 bits per heavy atom. The standard InChI is InChI=1S/C22H18F2N8O/c1-13-28-29-22(33-13)14-10-25-32(12-14)19-11-26-31-8-6-20(27-21(19)31)30-7-2-3-18(30)16-9-15(23)4-5-17(16)24/h4-6,8-12,18H,2-3,7H2,1H3/t18-/m1/s1. The predicted octanol–water partition coefficient (Wildman–Crippen LogP) is 3.89. The molecule has 0 radical (unpaired) electrons. The van der Waals surface area contributed by atoms with Gasteiger partial charge in [0.05, 0.1) is 24.0 Å². The van der Waals surface area contributed by atoms with Gasteiger partial charge in [0.15, 0.2) is 5.65 Å². The summed E-state index contributed by atoms with van der Waals surface area (Å²) < 4.78 is 37.1. The van der Waals surface area contributed by atoms with Gasteiger partial charge in [0.25, 0.3) is 5.89 Å². The van der Waals surface area contributed by atoms with Gasteiger partial charge in [0.2, 0.25) is 5.89 Å². The number of nitrogens with zero attached hydrogens (tertiary/aromatic N) is 8. The topological polar surface area (TPSA) is 90.2 Å². The van der Waals surface area contributed by atoms with Gasteiger partial charge in [0.1, 0.15) is 23.1 Å². The minimum atomic E-state index is -0.453. The zero-order valence-corrected chi connectivity index (χ0v) is 17.6. The van der Waals surface area contributed by atoms with Crippen LogP contribution in [-0.2, 0) is 0 Å². The molecule has 33 heavy (non-hydrogen) atoms. The Hall–Kier alpha value is -4.15. The van der Waals surface area contributed by atoms with E-state index >= 15 is 0 Å². The Morgan fingerprint density at radius 1 is 1.09 bits per heavy atom. The van der Waals surface area contributed by atoms with E-state index in [1.807, 2.05) is 11.0 Å². The van der Waals surface area contributed by atoms with Gasteiger partial charge < -0.3 is 9.32 Å². The highest BCUT2D eigenvalue weighted by molar-refractivity contribution is 5.62. The van der Waals surface area contributed by atoms with Crippen molar-refractivity contribution >= 4 is 11.5 Å². The van der Waals surface area contributed by atoms with Gasteiger partial charge in [-0.05, 0) is 37.1 Å². The molecule has 0 aliphatic carbocycles. The molecule has 166 valence electrons. The summed E-state index contributed by atoms with van der Waals surface area (Å²) in [6.45, 7) is 2.41. The Labute approximate surface area is 186 Å². The number of fused-ring (bicyclic) bond motifs is 1. The Kier molecular flexibility index (Phi) is 4.42. The van der Waals surface area contributed by atoms with E-state index in [2.05, 4.69) is 20.4 Å². The highest BCUT2D eigenvalue weighted by Crippen LogP contribution is 2.37. The molecular formula is C22H18F2N8O. The zero-order valence-electron chi connectivity index (χ0n) is 17.6. The molecule has 0 unspecified atom stereocenters. The van der Waals surface area contributed by atoms with Crippen LogP contribution in [0.5, 0.6) is 0 Å². The molecule has 5 heterocycles. The van der Waals surface area contributed by atoms with Gasteiger partial charge in [-0.15, -0.1) is 10.2 Å². The Morgan fingerprint density at radius 2 is 2.00 bits per heavy atom. The van der Waals surface area contributed by atoms with E-state index in [4.69, 9.17) is 9.40 Å². The van der Waals surface area contributed by atoms with Gasteiger partial charge in [-0.1, -0.05) is 0 Å². The monoisotopic (exact) mass is 448 g/mol. The lowest BCUT2D eigenvalue weighted by molar-refractivity contribution is 0.533. The second-order valence-electron chi connectivity index (χ2n) is 7.90. The quantitative estimate of drug-likeness (QED) is 0.412. The lowest BCUT2D eigenvalue weighted by atomic mass is 10.0. The molecule has 1 aliphatic heterocycles. The minimum Gasteiger partial charge on any atom is -0.421 e. The molecule has 4 aromatic heterocycles. The maximum absolute atomic E-state index is 14.5. The highest BCUT2D eigenvalue weighted by Gasteiger charge is 2.30. The fraction of sp³-hybridized carbons (Fsp3) is 0.227. The largest absolute Gasteiger partial charge is 0.421 e. The Balaban J connectivity index is 1.38. The normalized spacial score (nSPS) is 16.2. The molecule has 0 N–H and O–H groups in total. The number of hydrogen-bond donors (Lipinski definition) is 0. The fourth-order valence-electron chi connectivity index (χ4n) is 4.28. The number of rotatable bonds is 4. The molecule has 5 aromatic rings. The number of anilines is 1. The molecule has 1 aliphatic rings. The van der Waals surface area contributed by atoms with E-state index in [-0.39, 0.29) is 6.04 Å². The van der Waals surface area contributed by atoms with Crippen LogP contribution in [-0.4, -0.2) is 41.1 Å². The third-order valence-electron chi connectivity index (χ3n) is 5.80. The van der Waals surface area contributed by atoms with Crippen molar-refractivity contribution in [3.63, 3.8) is 0 Å². The highest BCUT2D eigenvalue weighted by atomic mass is 19.1. The van der Waals surface area contributed by atoms with E-state index in [1.54, 1.807) is 40.9 Å². The van der Waals surface area contributed by atoms with Crippen LogP contribution in [0.3, 0.4) is 0 Å². The van der Waals surface area contributed by atoms with Crippen molar-refractivity contribution in [1.82, 2.24) is 34.6 Å². The van der Waals surface area contributed by atoms with Crippen molar-refractivity contribution in [2.75, 3.05) is 11.4 Å². The second-order valence-corrected chi connectivity index (χ2v) is 7.90. The second kappa shape index (κ2) is 7.47. The molecule has 6 rings (SSSR count). The van der Waals surface area contributed by atoms with Gasteiger partial charge in [0, 0.05) is 31.4 Å². The molecule has 1 atom stereocenters. The maximum atomic E-state index is 14.5. The Bertz CT molecular complexity index is 1470. The first-order valence-corrected chi connectivity index (χ1v) is 10.5. The molecule has 1 fully saturated rings. The van der Waals surface area contributed by atoms with Crippen molar-refractivity contribution in [2.45, 2.75) is 25.8 Å². The summed E-state index contributed by atoms with van der Waals surface area (Å²) in [5, 5.41) is 16.6. The molecule has 1 aromatic carbocycles. The van der Waals surface area contributed by atoms with Crippen LogP contribution < -0.4 is 4.90 Å². The zero-order chi connectivity index (χ0) is 22.5. The number of hydrogen-bond acceptors (Lipinski definition) is 7. The predicted molar refractivity (Wildman–Crippen MR) is 114 cm³/mol. The van der Waals surface area contributed by atoms with Crippen LogP contribution in [0.2, 0.25) is 0 Å². The number of benzene rings is 1. The van der Waals surface area contributed by atoms with E-state index < -0.39 is 11.6 Å². The number of halogens is 2. The first-order valence-electron chi connectivity index (χ1n) is 10.5. The SMILES string of the molecule is Cc1nnc(-c2cnn(-c3cnn4ccc(N5CCC[C@@H]5c5cc(F)ccc5F)nc34)c2)o1. The van der Waals surface area contributed by atoms with Crippen molar-refractivity contribution < 1.29 is 13.2 Å². The van der Waals surface area contributed by atoms with E-state index in [0.29, 0.717) is 53.0 Å². The van der Waals surface area contributed by atoms with Gasteiger partial charge in [-0.2, -0.15) is 10.2 Å². The molecule has 9 nitrogen and oxygen atoms in total. The van der Waals surface area contributed by atoms with Crippen LogP contribution in [0, 0.1) is 18.6 Å². The van der Waals surface area contributed by atoms with Crippen molar-refractivity contribution in [3.05, 3.63) is 72.1 Å². The van der Waals surface area contributed by atoms with Gasteiger partial charge >= 0.3 is 0 Å². The van der Waals surface area contributed by atoms with Crippen LogP contribution in [0.4, 0.5) is 14.6 Å². The molecule has 0 saturated carbocycles. The smallest absolute Gasteiger partial charge is 0.250 e. The third-order valence-corrected chi connectivity index (χ3v) is 5.80. The number of aromatic nitrogens is 7. The van der Waals surface area contributed by atoms with Gasteiger partial charge in [-0.3, -0.25) is 0 Å². The summed E-state index contributed by atoms with van der Waals surface area (Å²) in [5.41, 5.74) is 2.25. The lowest BCUT2D eigenvalue weighted by Crippen LogP contribution is -2.24. The average Bonchev–Trinajstić information content (AvgIpc) is 3.60. The van der Waals surface area contributed by atoms with Crippen molar-refractivity contribution in [3.8, 4) is 17.1 Å². The molecule has 0 spiro atoms. The van der Waals surface area contributed by atoms with Crippen molar-refractivity contribution in [2.24, 2.45) is 0 Å². The first-order chi connectivity index (χ1) is 16.1. The summed E-state index contributed by atoms with van der Waals surface area (Å²) in [4.78, 5) is 6.81. The average molecular weight is 448 g/mol. The van der Waals surface area contributed by atoms with E-state index in [0.717, 1.165) is 12.5 Å². The molecule has 11 heteroatoms. The summed E-state index contributed by atoms with van der Waals surface area (Å²) in [7, 11) is 0. The maximum Gasteiger partial charge on any atom is 0.250 e. The molecule has 1 saturated heterocycles. The molecular weight excluding hydrogens is 430 g/mol. The minimum absolute atomic E-state index is 0.293. The van der Waals surface area contributed by atoms with E-state index in [9.17, 15) is 8.78 Å². The summed E-state index contributed by atoms with van der Waals surface area (Å²) in [5.74, 6) is 0.636. The lowest BCUT2D eigenvalue weighted by Gasteiger charge is -2.26. The van der Waals surface area contributed by atoms with Crippen LogP contribution in [0.25, 0.3) is 22.8 Å².